The van der Waals surface area contributed by atoms with Crippen molar-refractivity contribution in [2.75, 3.05) is 6.54 Å². The van der Waals surface area contributed by atoms with Crippen LogP contribution in [-0.2, 0) is 11.2 Å². The number of aromatic nitrogens is 2. The highest BCUT2D eigenvalue weighted by Gasteiger charge is 2.27. The molecule has 2 aromatic rings. The summed E-state index contributed by atoms with van der Waals surface area (Å²) in [7, 11) is 0. The predicted molar refractivity (Wildman–Crippen MR) is 106 cm³/mol. The van der Waals surface area contributed by atoms with E-state index in [2.05, 4.69) is 33.6 Å². The van der Waals surface area contributed by atoms with Crippen molar-refractivity contribution in [2.45, 2.75) is 31.6 Å². The molecule has 1 aromatic heterocycles. The molecule has 3 rings (SSSR count). The van der Waals surface area contributed by atoms with Gasteiger partial charge in [-0.25, -0.2) is 18.2 Å². The number of carbonyl (C=O) groups excluding carboxylic acids is 1. The number of hydrogen-bond acceptors (Lipinski definition) is 4. The SMILES string of the molecule is O=C(NCC(F)F)C(Cc1ccc(C#CC#CC2CC2)c(F)c1)c1nc[nH]c(=O)c1O. The van der Waals surface area contributed by atoms with Crippen LogP contribution in [0.1, 0.15) is 35.6 Å². The number of nitrogens with zero attached hydrogens (tertiary/aromatic N) is 1. The van der Waals surface area contributed by atoms with Gasteiger partial charge >= 0.3 is 0 Å². The number of aromatic hydroxyl groups is 1. The molecule has 1 aliphatic rings. The lowest BCUT2D eigenvalue weighted by Crippen LogP contribution is -2.35. The van der Waals surface area contributed by atoms with E-state index < -0.39 is 41.9 Å². The second-order valence-electron chi connectivity index (χ2n) is 6.97. The molecule has 0 saturated heterocycles. The van der Waals surface area contributed by atoms with E-state index in [1.165, 1.54) is 12.1 Å². The second kappa shape index (κ2) is 9.86. The molecule has 160 valence electrons. The lowest BCUT2D eigenvalue weighted by molar-refractivity contribution is -0.123. The van der Waals surface area contributed by atoms with E-state index in [0.717, 1.165) is 25.2 Å². The van der Waals surface area contributed by atoms with Crippen LogP contribution in [0.2, 0.25) is 0 Å². The zero-order valence-electron chi connectivity index (χ0n) is 16.2. The van der Waals surface area contributed by atoms with Gasteiger partial charge in [0.15, 0.2) is 0 Å². The summed E-state index contributed by atoms with van der Waals surface area (Å²) < 4.78 is 39.4. The van der Waals surface area contributed by atoms with Gasteiger partial charge in [-0.1, -0.05) is 12.0 Å². The summed E-state index contributed by atoms with van der Waals surface area (Å²) in [6, 6.07) is 4.07. The Morgan fingerprint density at radius 3 is 2.77 bits per heavy atom. The Kier molecular flexibility index (Phi) is 6.99. The summed E-state index contributed by atoms with van der Waals surface area (Å²) in [6.07, 6.45) is 0.115. The highest BCUT2D eigenvalue weighted by Crippen LogP contribution is 2.27. The maximum absolute atomic E-state index is 14.4. The summed E-state index contributed by atoms with van der Waals surface area (Å²) in [5.41, 5.74) is -0.744. The van der Waals surface area contributed by atoms with Crippen LogP contribution in [0.25, 0.3) is 0 Å². The smallest absolute Gasteiger partial charge is 0.293 e. The Morgan fingerprint density at radius 2 is 2.10 bits per heavy atom. The number of H-pyrrole nitrogens is 1. The predicted octanol–water partition coefficient (Wildman–Crippen LogP) is 2.09. The lowest BCUT2D eigenvalue weighted by Gasteiger charge is -2.17. The average molecular weight is 429 g/mol. The van der Waals surface area contributed by atoms with Gasteiger partial charge in [0.1, 0.15) is 11.5 Å². The molecular formula is C22H18F3N3O3. The standard InChI is InChI=1S/C22H18F3N3O3/c23-17-10-14(7-8-15(17)4-2-1-3-13-5-6-13)9-16(21(30)26-11-18(24)25)19-20(29)22(31)28-12-27-19/h7-8,10,12-13,16,18,29H,5-6,9,11H2,(H,26,30)(H,27,28,31). The number of rotatable bonds is 6. The fraction of sp³-hybridized carbons (Fsp3) is 0.318. The highest BCUT2D eigenvalue weighted by atomic mass is 19.3. The normalized spacial score (nSPS) is 13.5. The molecule has 1 aromatic carbocycles. The number of alkyl halides is 2. The molecule has 1 saturated carbocycles. The Bertz CT molecular complexity index is 1150. The molecule has 3 N–H and O–H groups in total. The van der Waals surface area contributed by atoms with Crippen LogP contribution in [0.5, 0.6) is 5.75 Å². The molecular weight excluding hydrogens is 411 g/mol. The summed E-state index contributed by atoms with van der Waals surface area (Å²) in [5.74, 6) is 7.59. The Hall–Kier alpha value is -3.72. The van der Waals surface area contributed by atoms with Crippen LogP contribution in [-0.4, -0.2) is 34.0 Å². The quantitative estimate of drug-likeness (QED) is 0.613. The molecule has 31 heavy (non-hydrogen) atoms. The minimum atomic E-state index is -2.79. The highest BCUT2D eigenvalue weighted by molar-refractivity contribution is 5.84. The molecule has 0 radical (unpaired) electrons. The van der Waals surface area contributed by atoms with Gasteiger partial charge in [0.05, 0.1) is 24.4 Å². The van der Waals surface area contributed by atoms with Gasteiger partial charge in [0, 0.05) is 5.92 Å². The summed E-state index contributed by atoms with van der Waals surface area (Å²) in [6.45, 7) is -0.913. The number of nitrogens with one attached hydrogen (secondary N) is 2. The van der Waals surface area contributed by atoms with E-state index in [0.29, 0.717) is 11.5 Å². The van der Waals surface area contributed by atoms with Crippen molar-refractivity contribution in [3.8, 4) is 29.4 Å². The molecule has 1 unspecified atom stereocenters. The molecule has 1 heterocycles. The molecule has 0 aliphatic heterocycles. The van der Waals surface area contributed by atoms with E-state index in [9.17, 15) is 27.9 Å². The van der Waals surface area contributed by atoms with E-state index >= 15 is 0 Å². The molecule has 0 bridgehead atoms. The van der Waals surface area contributed by atoms with Crippen LogP contribution in [0.3, 0.4) is 0 Å². The number of halogens is 3. The van der Waals surface area contributed by atoms with Crippen molar-refractivity contribution in [3.63, 3.8) is 0 Å². The number of amides is 1. The summed E-state index contributed by atoms with van der Waals surface area (Å²) in [4.78, 5) is 30.1. The number of hydrogen-bond donors (Lipinski definition) is 3. The first kappa shape index (κ1) is 22.0. The fourth-order valence-electron chi connectivity index (χ4n) is 2.76. The van der Waals surface area contributed by atoms with Crippen molar-refractivity contribution in [2.24, 2.45) is 5.92 Å². The van der Waals surface area contributed by atoms with Crippen LogP contribution in [0.4, 0.5) is 13.2 Å². The van der Waals surface area contributed by atoms with Crippen LogP contribution >= 0.6 is 0 Å². The second-order valence-corrected chi connectivity index (χ2v) is 6.97. The number of benzene rings is 1. The van der Waals surface area contributed by atoms with Gasteiger partial charge in [0.25, 0.3) is 12.0 Å². The maximum Gasteiger partial charge on any atom is 0.293 e. The first-order valence-corrected chi connectivity index (χ1v) is 9.47. The molecule has 9 heteroatoms. The third-order valence-corrected chi connectivity index (χ3v) is 4.52. The van der Waals surface area contributed by atoms with Crippen LogP contribution < -0.4 is 10.9 Å². The van der Waals surface area contributed by atoms with Gasteiger partial charge in [0.2, 0.25) is 11.7 Å². The van der Waals surface area contributed by atoms with E-state index in [1.807, 2.05) is 5.32 Å². The molecule has 0 spiro atoms. The third-order valence-electron chi connectivity index (χ3n) is 4.52. The van der Waals surface area contributed by atoms with Gasteiger partial charge in [-0.3, -0.25) is 9.59 Å². The van der Waals surface area contributed by atoms with Crippen molar-refractivity contribution >= 4 is 5.91 Å². The zero-order chi connectivity index (χ0) is 22.4. The van der Waals surface area contributed by atoms with Crippen molar-refractivity contribution in [1.82, 2.24) is 15.3 Å². The van der Waals surface area contributed by atoms with Crippen molar-refractivity contribution < 1.29 is 23.1 Å². The molecule has 1 amide bonds. The van der Waals surface area contributed by atoms with E-state index in [1.54, 1.807) is 0 Å². The van der Waals surface area contributed by atoms with E-state index in [4.69, 9.17) is 0 Å². The third kappa shape index (κ3) is 6.13. The van der Waals surface area contributed by atoms with Crippen molar-refractivity contribution in [1.29, 1.82) is 0 Å². The number of aromatic amines is 1. The van der Waals surface area contributed by atoms with Gasteiger partial charge in [-0.15, -0.1) is 0 Å². The minimum Gasteiger partial charge on any atom is -0.502 e. The summed E-state index contributed by atoms with van der Waals surface area (Å²) in [5, 5.41) is 12.0. The average Bonchev–Trinajstić information content (AvgIpc) is 3.55. The minimum absolute atomic E-state index is 0.115. The molecule has 1 aliphatic carbocycles. The molecule has 6 nitrogen and oxygen atoms in total. The Balaban J connectivity index is 1.84. The lowest BCUT2D eigenvalue weighted by atomic mass is 9.93. The van der Waals surface area contributed by atoms with Crippen molar-refractivity contribution in [3.05, 3.63) is 57.5 Å². The zero-order valence-corrected chi connectivity index (χ0v) is 16.2. The van der Waals surface area contributed by atoms with Gasteiger partial charge in [-0.2, -0.15) is 0 Å². The molecule has 1 fully saturated rings. The van der Waals surface area contributed by atoms with Crippen LogP contribution in [0, 0.1) is 35.4 Å². The maximum atomic E-state index is 14.4. The van der Waals surface area contributed by atoms with Gasteiger partial charge in [-0.05, 0) is 54.7 Å². The monoisotopic (exact) mass is 429 g/mol. The Morgan fingerprint density at radius 1 is 1.32 bits per heavy atom. The molecule has 1 atom stereocenters. The first-order valence-electron chi connectivity index (χ1n) is 9.47. The fourth-order valence-corrected chi connectivity index (χ4v) is 2.76. The topological polar surface area (TPSA) is 95.1 Å². The van der Waals surface area contributed by atoms with E-state index in [-0.39, 0.29) is 17.7 Å². The largest absolute Gasteiger partial charge is 0.502 e. The van der Waals surface area contributed by atoms with Gasteiger partial charge < -0.3 is 15.4 Å². The number of carbonyl (C=O) groups is 1. The summed E-state index contributed by atoms with van der Waals surface area (Å²) >= 11 is 0. The Labute approximate surface area is 175 Å². The van der Waals surface area contributed by atoms with Crippen LogP contribution in [0.15, 0.2) is 29.3 Å². The first-order chi connectivity index (χ1) is 14.8.